The van der Waals surface area contributed by atoms with Gasteiger partial charge in [0, 0.05) is 12.6 Å². The number of sulfonamides is 1. The SMILES string of the molecule is Cc1noc(C)c1S(=O)(=O)N1CC[C@H](C)[C@H]2CCCC[C@H]21. The van der Waals surface area contributed by atoms with Gasteiger partial charge < -0.3 is 4.52 Å². The molecule has 0 bridgehead atoms. The van der Waals surface area contributed by atoms with Crippen molar-refractivity contribution in [2.75, 3.05) is 6.54 Å². The molecule has 0 radical (unpaired) electrons. The molecule has 5 nitrogen and oxygen atoms in total. The van der Waals surface area contributed by atoms with Gasteiger partial charge in [0.25, 0.3) is 0 Å². The van der Waals surface area contributed by atoms with Crippen molar-refractivity contribution in [1.82, 2.24) is 9.46 Å². The predicted molar refractivity (Wildman–Crippen MR) is 79.4 cm³/mol. The predicted octanol–water partition coefficient (Wildman–Crippen LogP) is 2.88. The topological polar surface area (TPSA) is 63.4 Å². The highest BCUT2D eigenvalue weighted by Crippen LogP contribution is 2.41. The maximum absolute atomic E-state index is 13.1. The Morgan fingerprint density at radius 1 is 1.19 bits per heavy atom. The van der Waals surface area contributed by atoms with E-state index in [1.807, 2.05) is 0 Å². The fourth-order valence-corrected chi connectivity index (χ4v) is 6.14. The Labute approximate surface area is 126 Å². The van der Waals surface area contributed by atoms with E-state index in [-0.39, 0.29) is 10.9 Å². The van der Waals surface area contributed by atoms with E-state index in [0.717, 1.165) is 25.7 Å². The van der Waals surface area contributed by atoms with Gasteiger partial charge in [0.1, 0.15) is 10.6 Å². The van der Waals surface area contributed by atoms with Gasteiger partial charge in [-0.25, -0.2) is 8.42 Å². The van der Waals surface area contributed by atoms with Gasteiger partial charge in [-0.05, 0) is 44.9 Å². The minimum Gasteiger partial charge on any atom is -0.360 e. The van der Waals surface area contributed by atoms with Crippen LogP contribution in [0.25, 0.3) is 0 Å². The molecule has 118 valence electrons. The van der Waals surface area contributed by atoms with E-state index in [0.29, 0.717) is 29.8 Å². The van der Waals surface area contributed by atoms with E-state index in [1.165, 1.54) is 6.42 Å². The lowest BCUT2D eigenvalue weighted by molar-refractivity contribution is 0.0826. The van der Waals surface area contributed by atoms with E-state index in [2.05, 4.69) is 12.1 Å². The molecule has 1 aliphatic carbocycles. The Hall–Kier alpha value is -0.880. The lowest BCUT2D eigenvalue weighted by Gasteiger charge is -2.46. The summed E-state index contributed by atoms with van der Waals surface area (Å²) >= 11 is 0. The monoisotopic (exact) mass is 312 g/mol. The van der Waals surface area contributed by atoms with Gasteiger partial charge in [-0.2, -0.15) is 4.31 Å². The molecule has 0 unspecified atom stereocenters. The summed E-state index contributed by atoms with van der Waals surface area (Å²) in [5, 5.41) is 3.82. The van der Waals surface area contributed by atoms with Crippen LogP contribution in [0.1, 0.15) is 50.5 Å². The second-order valence-electron chi connectivity index (χ2n) is 6.55. The first kappa shape index (κ1) is 15.0. The van der Waals surface area contributed by atoms with Gasteiger partial charge >= 0.3 is 0 Å². The summed E-state index contributed by atoms with van der Waals surface area (Å²) in [5.74, 6) is 1.52. The molecule has 2 aliphatic rings. The van der Waals surface area contributed by atoms with Gasteiger partial charge in [-0.15, -0.1) is 0 Å². The van der Waals surface area contributed by atoms with Gasteiger partial charge in [-0.3, -0.25) is 0 Å². The first-order valence-electron chi connectivity index (χ1n) is 7.87. The molecule has 2 fully saturated rings. The van der Waals surface area contributed by atoms with Crippen LogP contribution < -0.4 is 0 Å². The third-order valence-corrected chi connectivity index (χ3v) is 7.39. The fourth-order valence-electron chi connectivity index (χ4n) is 4.13. The van der Waals surface area contributed by atoms with Crippen LogP contribution in [0.3, 0.4) is 0 Å². The van der Waals surface area contributed by atoms with E-state index in [4.69, 9.17) is 4.52 Å². The molecule has 0 spiro atoms. The van der Waals surface area contributed by atoms with Crippen molar-refractivity contribution in [2.45, 2.75) is 63.8 Å². The molecular weight excluding hydrogens is 288 g/mol. The van der Waals surface area contributed by atoms with Crippen LogP contribution in [0.15, 0.2) is 9.42 Å². The minimum absolute atomic E-state index is 0.154. The van der Waals surface area contributed by atoms with E-state index >= 15 is 0 Å². The zero-order valence-electron chi connectivity index (χ0n) is 13.0. The van der Waals surface area contributed by atoms with Crippen molar-refractivity contribution in [2.24, 2.45) is 11.8 Å². The Bertz CT molecular complexity index is 603. The van der Waals surface area contributed by atoms with Crippen LogP contribution in [0, 0.1) is 25.7 Å². The summed E-state index contributed by atoms with van der Waals surface area (Å²) in [4.78, 5) is 0.279. The van der Waals surface area contributed by atoms with Crippen LogP contribution >= 0.6 is 0 Å². The summed E-state index contributed by atoms with van der Waals surface area (Å²) in [6, 6.07) is 0.154. The summed E-state index contributed by atoms with van der Waals surface area (Å²) in [6.45, 7) is 6.27. The van der Waals surface area contributed by atoms with Gasteiger partial charge in [-0.1, -0.05) is 24.9 Å². The number of hydrogen-bond acceptors (Lipinski definition) is 4. The molecule has 0 amide bonds. The highest BCUT2D eigenvalue weighted by atomic mass is 32.2. The van der Waals surface area contributed by atoms with Crippen molar-refractivity contribution in [1.29, 1.82) is 0 Å². The molecule has 1 aromatic heterocycles. The third-order valence-electron chi connectivity index (χ3n) is 5.22. The quantitative estimate of drug-likeness (QED) is 0.842. The molecule has 0 N–H and O–H groups in total. The molecule has 1 saturated heterocycles. The largest absolute Gasteiger partial charge is 0.360 e. The lowest BCUT2D eigenvalue weighted by Crippen LogP contribution is -2.52. The maximum Gasteiger partial charge on any atom is 0.248 e. The summed E-state index contributed by atoms with van der Waals surface area (Å²) in [6.07, 6.45) is 5.44. The van der Waals surface area contributed by atoms with Crippen LogP contribution in [-0.4, -0.2) is 30.5 Å². The van der Waals surface area contributed by atoms with E-state index < -0.39 is 10.0 Å². The highest BCUT2D eigenvalue weighted by molar-refractivity contribution is 7.89. The van der Waals surface area contributed by atoms with Gasteiger partial charge in [0.2, 0.25) is 10.0 Å². The van der Waals surface area contributed by atoms with Crippen LogP contribution in [0.2, 0.25) is 0 Å². The minimum atomic E-state index is -3.50. The first-order chi connectivity index (χ1) is 9.93. The Morgan fingerprint density at radius 2 is 1.90 bits per heavy atom. The highest BCUT2D eigenvalue weighted by Gasteiger charge is 2.44. The average Bonchev–Trinajstić information content (AvgIpc) is 2.79. The van der Waals surface area contributed by atoms with Crippen LogP contribution in [0.4, 0.5) is 0 Å². The van der Waals surface area contributed by atoms with Gasteiger partial charge in [0.15, 0.2) is 5.76 Å². The number of hydrogen-bond donors (Lipinski definition) is 0. The van der Waals surface area contributed by atoms with Crippen molar-refractivity contribution in [3.8, 4) is 0 Å². The molecule has 2 heterocycles. The lowest BCUT2D eigenvalue weighted by atomic mass is 9.74. The molecule has 1 aromatic rings. The normalized spacial score (nSPS) is 31.1. The van der Waals surface area contributed by atoms with Crippen LogP contribution in [-0.2, 0) is 10.0 Å². The van der Waals surface area contributed by atoms with E-state index in [1.54, 1.807) is 18.2 Å². The average molecular weight is 312 g/mol. The number of piperidine rings is 1. The molecule has 21 heavy (non-hydrogen) atoms. The summed E-state index contributed by atoms with van der Waals surface area (Å²) < 4.78 is 33.0. The number of fused-ring (bicyclic) bond motifs is 1. The number of rotatable bonds is 2. The maximum atomic E-state index is 13.1. The summed E-state index contributed by atoms with van der Waals surface area (Å²) in [5.41, 5.74) is 0.471. The summed E-state index contributed by atoms with van der Waals surface area (Å²) in [7, 11) is -3.50. The molecule has 0 aromatic carbocycles. The molecular formula is C15H24N2O3S. The Morgan fingerprint density at radius 3 is 2.57 bits per heavy atom. The van der Waals surface area contributed by atoms with Crippen LogP contribution in [0.5, 0.6) is 0 Å². The number of aryl methyl sites for hydroxylation is 2. The fraction of sp³-hybridized carbons (Fsp3) is 0.800. The molecule has 3 atom stereocenters. The first-order valence-corrected chi connectivity index (χ1v) is 9.31. The zero-order chi connectivity index (χ0) is 15.2. The van der Waals surface area contributed by atoms with Crippen molar-refractivity contribution in [3.05, 3.63) is 11.5 Å². The van der Waals surface area contributed by atoms with Crippen molar-refractivity contribution in [3.63, 3.8) is 0 Å². The zero-order valence-corrected chi connectivity index (χ0v) is 13.8. The second kappa shape index (κ2) is 5.39. The molecule has 6 heteroatoms. The van der Waals surface area contributed by atoms with Crippen molar-refractivity contribution < 1.29 is 12.9 Å². The molecule has 1 saturated carbocycles. The third kappa shape index (κ3) is 2.42. The second-order valence-corrected chi connectivity index (χ2v) is 8.38. The molecule has 1 aliphatic heterocycles. The molecule has 3 rings (SSSR count). The standard InChI is InChI=1S/C15H24N2O3S/c1-10-8-9-17(14-7-5-4-6-13(10)14)21(18,19)15-11(2)16-20-12(15)3/h10,13-14H,4-9H2,1-3H3/t10-,13+,14+/m0/s1. The van der Waals surface area contributed by atoms with Crippen molar-refractivity contribution >= 4 is 10.0 Å². The van der Waals surface area contributed by atoms with Gasteiger partial charge in [0.05, 0.1) is 0 Å². The smallest absolute Gasteiger partial charge is 0.248 e. The Kier molecular flexibility index (Phi) is 3.86. The van der Waals surface area contributed by atoms with E-state index in [9.17, 15) is 8.42 Å². The number of aromatic nitrogens is 1. The number of nitrogens with zero attached hydrogens (tertiary/aromatic N) is 2. The Balaban J connectivity index is 1.98.